The number of aromatic amines is 1. The van der Waals surface area contributed by atoms with Crippen molar-refractivity contribution < 1.29 is 19.0 Å². The van der Waals surface area contributed by atoms with Crippen molar-refractivity contribution in [3.8, 4) is 0 Å². The van der Waals surface area contributed by atoms with Crippen molar-refractivity contribution in [3.05, 3.63) is 33.1 Å². The Morgan fingerprint density at radius 2 is 2.23 bits per heavy atom. The molecule has 22 heavy (non-hydrogen) atoms. The quantitative estimate of drug-likeness (QED) is 0.817. The number of aliphatic hydroxyl groups is 1. The molecule has 2 N–H and O–H groups in total. The molecule has 1 fully saturated rings. The van der Waals surface area contributed by atoms with Crippen molar-refractivity contribution in [1.82, 2.24) is 9.55 Å². The highest BCUT2D eigenvalue weighted by Crippen LogP contribution is 2.43. The monoisotopic (exact) mass is 316 g/mol. The Morgan fingerprint density at radius 3 is 2.77 bits per heavy atom. The molecular formula is C14H21FN2O5. The number of nitrogens with zero attached hydrogens (tertiary/aromatic N) is 1. The van der Waals surface area contributed by atoms with Crippen molar-refractivity contribution in [3.63, 3.8) is 0 Å². The van der Waals surface area contributed by atoms with Gasteiger partial charge in [-0.25, -0.2) is 9.18 Å². The van der Waals surface area contributed by atoms with Crippen molar-refractivity contribution in [2.75, 3.05) is 6.61 Å². The smallest absolute Gasteiger partial charge is 0.330 e. The Balaban J connectivity index is 2.33. The number of ether oxygens (including phenoxy) is 2. The Bertz CT molecular complexity index is 628. The van der Waals surface area contributed by atoms with Crippen molar-refractivity contribution >= 4 is 0 Å². The summed E-state index contributed by atoms with van der Waals surface area (Å²) in [5.41, 5.74) is -3.52. The largest absolute Gasteiger partial charge is 0.387 e. The fraction of sp³-hybridized carbons (Fsp3) is 0.714. The average Bonchev–Trinajstić information content (AvgIpc) is 2.70. The minimum atomic E-state index is -2.15. The lowest BCUT2D eigenvalue weighted by Gasteiger charge is -2.27. The number of nitrogens with one attached hydrogen (secondary N) is 1. The highest BCUT2D eigenvalue weighted by atomic mass is 19.1. The van der Waals surface area contributed by atoms with E-state index in [9.17, 15) is 14.7 Å². The number of hydrogen-bond acceptors (Lipinski definition) is 5. The van der Waals surface area contributed by atoms with Gasteiger partial charge in [0.15, 0.2) is 11.9 Å². The molecule has 0 spiro atoms. The van der Waals surface area contributed by atoms with Crippen LogP contribution in [0.3, 0.4) is 0 Å². The van der Waals surface area contributed by atoms with Gasteiger partial charge in [-0.15, -0.1) is 0 Å². The van der Waals surface area contributed by atoms with Crippen LogP contribution in [0.25, 0.3) is 0 Å². The van der Waals surface area contributed by atoms with E-state index in [-0.39, 0.29) is 19.1 Å². The molecule has 1 aromatic rings. The van der Waals surface area contributed by atoms with Gasteiger partial charge in [-0.3, -0.25) is 14.3 Å². The maximum absolute atomic E-state index is 15.2. The molecule has 0 amide bonds. The molecule has 0 bridgehead atoms. The van der Waals surface area contributed by atoms with E-state index < -0.39 is 35.4 Å². The molecule has 0 unspecified atom stereocenters. The number of H-pyrrole nitrogens is 1. The third-order valence-electron chi connectivity index (χ3n) is 3.80. The molecule has 2 heterocycles. The highest BCUT2D eigenvalue weighted by Gasteiger charge is 2.57. The predicted molar refractivity (Wildman–Crippen MR) is 76.5 cm³/mol. The second-order valence-electron chi connectivity index (χ2n) is 5.65. The lowest BCUT2D eigenvalue weighted by atomic mass is 9.93. The molecule has 8 heteroatoms. The summed E-state index contributed by atoms with van der Waals surface area (Å²) in [5.74, 6) is 0. The number of halogens is 1. The van der Waals surface area contributed by atoms with E-state index in [1.165, 1.54) is 0 Å². The molecule has 1 aliphatic rings. The standard InChI is InChI=1S/C14H21FN2O5/c1-4-14(15)11(19)9(7-21-8(2)3)22-12(14)17-6-5-10(18)16-13(17)20/h5-6,8-9,11-12,19H,4,7H2,1-3H3,(H,16,18,20)/t9-,11-,12-,14-/m1/s1. The number of rotatable bonds is 5. The van der Waals surface area contributed by atoms with Crippen molar-refractivity contribution in [2.24, 2.45) is 0 Å². The first-order chi connectivity index (χ1) is 10.3. The van der Waals surface area contributed by atoms with E-state index in [4.69, 9.17) is 9.47 Å². The Labute approximate surface area is 126 Å². The zero-order valence-electron chi connectivity index (χ0n) is 12.8. The van der Waals surface area contributed by atoms with Crippen LogP contribution in [0.4, 0.5) is 4.39 Å². The normalized spacial score (nSPS) is 31.8. The van der Waals surface area contributed by atoms with Gasteiger partial charge in [-0.05, 0) is 20.3 Å². The number of aliphatic hydroxyl groups excluding tert-OH is 1. The van der Waals surface area contributed by atoms with Gasteiger partial charge in [0.1, 0.15) is 12.2 Å². The van der Waals surface area contributed by atoms with Crippen LogP contribution in [0.15, 0.2) is 21.9 Å². The van der Waals surface area contributed by atoms with Crippen LogP contribution in [0.2, 0.25) is 0 Å². The summed E-state index contributed by atoms with van der Waals surface area (Å²) in [6.45, 7) is 5.20. The third-order valence-corrected chi connectivity index (χ3v) is 3.80. The first-order valence-electron chi connectivity index (χ1n) is 7.25. The van der Waals surface area contributed by atoms with Gasteiger partial charge in [0.2, 0.25) is 0 Å². The van der Waals surface area contributed by atoms with Crippen LogP contribution in [0.5, 0.6) is 0 Å². The molecule has 0 saturated carbocycles. The first kappa shape index (κ1) is 16.9. The zero-order chi connectivity index (χ0) is 16.5. The second-order valence-corrected chi connectivity index (χ2v) is 5.65. The Morgan fingerprint density at radius 1 is 1.55 bits per heavy atom. The third kappa shape index (κ3) is 2.99. The molecule has 0 aromatic carbocycles. The number of aromatic nitrogens is 2. The van der Waals surface area contributed by atoms with Gasteiger partial charge in [-0.1, -0.05) is 6.92 Å². The molecular weight excluding hydrogens is 295 g/mol. The van der Waals surface area contributed by atoms with Crippen LogP contribution in [-0.4, -0.2) is 45.2 Å². The van der Waals surface area contributed by atoms with Gasteiger partial charge >= 0.3 is 5.69 Å². The summed E-state index contributed by atoms with van der Waals surface area (Å²) in [7, 11) is 0. The fourth-order valence-corrected chi connectivity index (χ4v) is 2.52. The first-order valence-corrected chi connectivity index (χ1v) is 7.25. The number of alkyl halides is 1. The maximum Gasteiger partial charge on any atom is 0.330 e. The van der Waals surface area contributed by atoms with E-state index >= 15 is 4.39 Å². The summed E-state index contributed by atoms with van der Waals surface area (Å²) in [6, 6.07) is 1.10. The van der Waals surface area contributed by atoms with Crippen LogP contribution in [-0.2, 0) is 9.47 Å². The molecule has 4 atom stereocenters. The van der Waals surface area contributed by atoms with E-state index in [2.05, 4.69) is 0 Å². The molecule has 0 radical (unpaired) electrons. The van der Waals surface area contributed by atoms with Crippen molar-refractivity contribution in [2.45, 2.75) is 57.4 Å². The van der Waals surface area contributed by atoms with Crippen molar-refractivity contribution in [1.29, 1.82) is 0 Å². The molecule has 2 rings (SSSR count). The average molecular weight is 316 g/mol. The fourth-order valence-electron chi connectivity index (χ4n) is 2.52. The maximum atomic E-state index is 15.2. The molecule has 124 valence electrons. The molecule has 1 saturated heterocycles. The van der Waals surface area contributed by atoms with Crippen LogP contribution in [0.1, 0.15) is 33.4 Å². The second kappa shape index (κ2) is 6.31. The van der Waals surface area contributed by atoms with Gasteiger partial charge in [0.25, 0.3) is 5.56 Å². The minimum Gasteiger partial charge on any atom is -0.387 e. The lowest BCUT2D eigenvalue weighted by Crippen LogP contribution is -2.45. The van der Waals surface area contributed by atoms with Crippen LogP contribution in [0, 0.1) is 0 Å². The molecule has 7 nitrogen and oxygen atoms in total. The van der Waals surface area contributed by atoms with Gasteiger partial charge in [-0.2, -0.15) is 0 Å². The Kier molecular flexibility index (Phi) is 4.84. The van der Waals surface area contributed by atoms with E-state index in [1.807, 2.05) is 18.8 Å². The van der Waals surface area contributed by atoms with Gasteiger partial charge < -0.3 is 14.6 Å². The summed E-state index contributed by atoms with van der Waals surface area (Å²) < 4.78 is 27.0. The van der Waals surface area contributed by atoms with Crippen LogP contribution < -0.4 is 11.2 Å². The van der Waals surface area contributed by atoms with E-state index in [1.54, 1.807) is 6.92 Å². The minimum absolute atomic E-state index is 0.0130. The summed E-state index contributed by atoms with van der Waals surface area (Å²) in [4.78, 5) is 25.0. The van der Waals surface area contributed by atoms with Crippen LogP contribution >= 0.6 is 0 Å². The predicted octanol–water partition coefficient (Wildman–Crippen LogP) is 0.338. The molecule has 0 aliphatic carbocycles. The lowest BCUT2D eigenvalue weighted by molar-refractivity contribution is -0.0824. The highest BCUT2D eigenvalue weighted by molar-refractivity contribution is 5.03. The topological polar surface area (TPSA) is 93.5 Å². The molecule has 1 aliphatic heterocycles. The SMILES string of the molecule is CC[C@@]1(F)[C@H](O)[C@@H](COC(C)C)O[C@H]1n1ccc(=O)[nH]c1=O. The van der Waals surface area contributed by atoms with Gasteiger partial charge in [0, 0.05) is 12.3 Å². The number of hydrogen-bond donors (Lipinski definition) is 2. The zero-order valence-corrected chi connectivity index (χ0v) is 12.8. The molecule has 1 aromatic heterocycles. The summed E-state index contributed by atoms with van der Waals surface area (Å²) >= 11 is 0. The summed E-state index contributed by atoms with van der Waals surface area (Å²) in [5, 5.41) is 10.2. The van der Waals surface area contributed by atoms with Gasteiger partial charge in [0.05, 0.1) is 12.7 Å². The van der Waals surface area contributed by atoms with E-state index in [0.717, 1.165) is 16.8 Å². The Hall–Kier alpha value is -1.51. The summed E-state index contributed by atoms with van der Waals surface area (Å²) in [6.07, 6.45) is -2.63. The van der Waals surface area contributed by atoms with E-state index in [0.29, 0.717) is 0 Å².